The average Bonchev–Trinajstić information content (AvgIpc) is 3.34. The molecule has 0 radical (unpaired) electrons. The summed E-state index contributed by atoms with van der Waals surface area (Å²) in [5, 5.41) is 9.33. The second kappa shape index (κ2) is 9.09. The molecule has 0 unspecified atom stereocenters. The van der Waals surface area contributed by atoms with Crippen LogP contribution in [-0.2, 0) is 12.7 Å². The summed E-state index contributed by atoms with van der Waals surface area (Å²) in [6.07, 6.45) is -4.98. The minimum absolute atomic E-state index is 0.101. The highest BCUT2D eigenvalue weighted by Crippen LogP contribution is 2.37. The monoisotopic (exact) mass is 510 g/mol. The maximum absolute atomic E-state index is 14.4. The van der Waals surface area contributed by atoms with Gasteiger partial charge in [-0.05, 0) is 41.0 Å². The second-order valence-electron chi connectivity index (χ2n) is 8.20. The van der Waals surface area contributed by atoms with E-state index in [0.29, 0.717) is 29.2 Å². The highest BCUT2D eigenvalue weighted by atomic mass is 19.4. The van der Waals surface area contributed by atoms with Crippen molar-refractivity contribution in [3.63, 3.8) is 0 Å². The largest absolute Gasteiger partial charge is 0.454 e. The van der Waals surface area contributed by atoms with Crippen LogP contribution in [0.3, 0.4) is 0 Å². The van der Waals surface area contributed by atoms with Crippen LogP contribution < -0.4 is 15.0 Å². The third kappa shape index (κ3) is 4.51. The van der Waals surface area contributed by atoms with Crippen molar-refractivity contribution < 1.29 is 31.4 Å². The smallest absolute Gasteiger partial charge is 0.417 e. The molecule has 0 atom stereocenters. The van der Waals surface area contributed by atoms with Gasteiger partial charge >= 0.3 is 6.18 Å². The standard InChI is InChI=1S/C27H15F5N2O3/c28-19-7-5-18(22(29)10-19)13-34-23(11-21(27(30,31)32)20(12-33)26(34)35)16-3-1-15(2-4-16)17-6-8-24-25(9-17)37-14-36-24/h1-11H,13-14H2. The lowest BCUT2D eigenvalue weighted by Gasteiger charge is -2.18. The first kappa shape index (κ1) is 24.1. The SMILES string of the molecule is N#Cc1c(C(F)(F)F)cc(-c2ccc(-c3ccc4c(c3)OCO4)cc2)n(Cc2ccc(F)cc2F)c1=O. The molecular weight excluding hydrogens is 495 g/mol. The van der Waals surface area contributed by atoms with Crippen molar-refractivity contribution in [2.75, 3.05) is 6.79 Å². The topological polar surface area (TPSA) is 64.2 Å². The number of rotatable bonds is 4. The Bertz CT molecular complexity index is 1620. The Balaban J connectivity index is 1.64. The number of halogens is 5. The number of pyridine rings is 1. The molecule has 0 spiro atoms. The molecule has 0 N–H and O–H groups in total. The predicted octanol–water partition coefficient (Wildman–Crippen LogP) is 6.13. The first-order valence-electron chi connectivity index (χ1n) is 10.9. The van der Waals surface area contributed by atoms with Gasteiger partial charge in [-0.3, -0.25) is 4.79 Å². The van der Waals surface area contributed by atoms with E-state index in [4.69, 9.17) is 9.47 Å². The van der Waals surface area contributed by atoms with Crippen molar-refractivity contribution in [1.29, 1.82) is 5.26 Å². The first-order chi connectivity index (χ1) is 17.7. The number of ether oxygens (including phenoxy) is 2. The van der Waals surface area contributed by atoms with Gasteiger partial charge in [0.25, 0.3) is 5.56 Å². The van der Waals surface area contributed by atoms with Crippen LogP contribution in [0.1, 0.15) is 16.7 Å². The van der Waals surface area contributed by atoms with Gasteiger partial charge < -0.3 is 14.0 Å². The van der Waals surface area contributed by atoms with E-state index < -0.39 is 41.0 Å². The molecule has 0 fully saturated rings. The summed E-state index contributed by atoms with van der Waals surface area (Å²) in [6.45, 7) is -0.416. The molecule has 1 aliphatic heterocycles. The molecular formula is C27H15F5N2O3. The molecule has 4 aromatic rings. The van der Waals surface area contributed by atoms with E-state index in [1.165, 1.54) is 18.2 Å². The van der Waals surface area contributed by atoms with Crippen LogP contribution in [0.15, 0.2) is 71.5 Å². The molecule has 0 aliphatic carbocycles. The maximum Gasteiger partial charge on any atom is 0.417 e. The summed E-state index contributed by atoms with van der Waals surface area (Å²) in [5.41, 5.74) is -2.37. The van der Waals surface area contributed by atoms with E-state index in [1.54, 1.807) is 30.3 Å². The number of aromatic nitrogens is 1. The summed E-state index contributed by atoms with van der Waals surface area (Å²) in [6, 6.07) is 16.3. The van der Waals surface area contributed by atoms with Gasteiger partial charge in [-0.2, -0.15) is 18.4 Å². The Morgan fingerprint density at radius 1 is 0.865 bits per heavy atom. The average molecular weight is 510 g/mol. The lowest BCUT2D eigenvalue weighted by atomic mass is 10.00. The number of hydrogen-bond acceptors (Lipinski definition) is 4. The minimum Gasteiger partial charge on any atom is -0.454 e. The molecule has 0 amide bonds. The summed E-state index contributed by atoms with van der Waals surface area (Å²) >= 11 is 0. The van der Waals surface area contributed by atoms with Crippen molar-refractivity contribution in [2.45, 2.75) is 12.7 Å². The van der Waals surface area contributed by atoms with Crippen molar-refractivity contribution in [1.82, 2.24) is 4.57 Å². The fourth-order valence-electron chi connectivity index (χ4n) is 4.10. The molecule has 0 saturated heterocycles. The Morgan fingerprint density at radius 3 is 2.22 bits per heavy atom. The van der Waals surface area contributed by atoms with Gasteiger partial charge in [0.15, 0.2) is 11.5 Å². The van der Waals surface area contributed by atoms with Gasteiger partial charge in [0.05, 0.1) is 17.8 Å². The van der Waals surface area contributed by atoms with E-state index in [1.807, 2.05) is 0 Å². The second-order valence-corrected chi connectivity index (χ2v) is 8.20. The molecule has 5 rings (SSSR count). The Labute approximate surface area is 206 Å². The zero-order valence-corrected chi connectivity index (χ0v) is 18.8. The molecule has 37 heavy (non-hydrogen) atoms. The zero-order chi connectivity index (χ0) is 26.3. The van der Waals surface area contributed by atoms with E-state index in [-0.39, 0.29) is 23.6 Å². The molecule has 2 heterocycles. The minimum atomic E-state index is -4.98. The third-order valence-corrected chi connectivity index (χ3v) is 5.95. The first-order valence-corrected chi connectivity index (χ1v) is 10.9. The lowest BCUT2D eigenvalue weighted by Crippen LogP contribution is -2.29. The van der Waals surface area contributed by atoms with Gasteiger partial charge in [0.1, 0.15) is 23.3 Å². The molecule has 3 aromatic carbocycles. The van der Waals surface area contributed by atoms with Crippen LogP contribution in [0.25, 0.3) is 22.4 Å². The number of hydrogen-bond donors (Lipinski definition) is 0. The van der Waals surface area contributed by atoms with Crippen molar-refractivity contribution in [3.05, 3.63) is 105 Å². The number of nitriles is 1. The Morgan fingerprint density at radius 2 is 1.54 bits per heavy atom. The van der Waals surface area contributed by atoms with Crippen LogP contribution in [0.4, 0.5) is 22.0 Å². The normalized spacial score (nSPS) is 12.4. The number of alkyl halides is 3. The van der Waals surface area contributed by atoms with Crippen LogP contribution >= 0.6 is 0 Å². The highest BCUT2D eigenvalue weighted by molar-refractivity contribution is 5.72. The lowest BCUT2D eigenvalue weighted by molar-refractivity contribution is -0.137. The maximum atomic E-state index is 14.4. The molecule has 5 nitrogen and oxygen atoms in total. The van der Waals surface area contributed by atoms with Crippen LogP contribution in [0, 0.1) is 23.0 Å². The van der Waals surface area contributed by atoms with Gasteiger partial charge in [0, 0.05) is 11.6 Å². The van der Waals surface area contributed by atoms with E-state index in [9.17, 15) is 32.0 Å². The Kier molecular flexibility index (Phi) is 5.91. The highest BCUT2D eigenvalue weighted by Gasteiger charge is 2.36. The van der Waals surface area contributed by atoms with E-state index in [0.717, 1.165) is 22.3 Å². The van der Waals surface area contributed by atoms with Gasteiger partial charge in [-0.1, -0.05) is 36.4 Å². The van der Waals surface area contributed by atoms with Crippen LogP contribution in [0.5, 0.6) is 11.5 Å². The van der Waals surface area contributed by atoms with E-state index in [2.05, 4.69) is 0 Å². The summed E-state index contributed by atoms with van der Waals surface area (Å²) in [7, 11) is 0. The van der Waals surface area contributed by atoms with Crippen molar-refractivity contribution in [3.8, 4) is 40.0 Å². The molecule has 0 bridgehead atoms. The van der Waals surface area contributed by atoms with Gasteiger partial charge in [-0.15, -0.1) is 0 Å². The summed E-state index contributed by atoms with van der Waals surface area (Å²) < 4.78 is 80.5. The van der Waals surface area contributed by atoms with E-state index >= 15 is 0 Å². The summed E-state index contributed by atoms with van der Waals surface area (Å²) in [4.78, 5) is 13.1. The Hall–Kier alpha value is -4.65. The fraction of sp³-hybridized carbons (Fsp3) is 0.111. The molecule has 1 aromatic heterocycles. The molecule has 186 valence electrons. The fourth-order valence-corrected chi connectivity index (χ4v) is 4.10. The van der Waals surface area contributed by atoms with Gasteiger partial charge in [0.2, 0.25) is 6.79 Å². The predicted molar refractivity (Wildman–Crippen MR) is 123 cm³/mol. The van der Waals surface area contributed by atoms with Crippen molar-refractivity contribution >= 4 is 0 Å². The molecule has 1 aliphatic rings. The van der Waals surface area contributed by atoms with Gasteiger partial charge in [-0.25, -0.2) is 8.78 Å². The quantitative estimate of drug-likeness (QED) is 0.310. The number of fused-ring (bicyclic) bond motifs is 1. The molecule has 10 heteroatoms. The van der Waals surface area contributed by atoms with Crippen molar-refractivity contribution in [2.24, 2.45) is 0 Å². The van der Waals surface area contributed by atoms with Crippen LogP contribution in [-0.4, -0.2) is 11.4 Å². The third-order valence-electron chi connectivity index (χ3n) is 5.95. The zero-order valence-electron chi connectivity index (χ0n) is 18.8. The summed E-state index contributed by atoms with van der Waals surface area (Å²) in [5.74, 6) is -0.680. The number of nitrogens with zero attached hydrogens (tertiary/aromatic N) is 2. The molecule has 0 saturated carbocycles. The number of benzene rings is 3. The van der Waals surface area contributed by atoms with Crippen LogP contribution in [0.2, 0.25) is 0 Å².